The molecule has 4 heterocycles. The van der Waals surface area contributed by atoms with Crippen molar-refractivity contribution in [2.24, 2.45) is 14.1 Å². The minimum Gasteiger partial charge on any atom is -0.342 e. The minimum absolute atomic E-state index is 0.335. The Bertz CT molecular complexity index is 3860. The number of alkyl halides is 3. The lowest BCUT2D eigenvalue weighted by atomic mass is 9.96. The Labute approximate surface area is 340 Å². The van der Waals surface area contributed by atoms with Gasteiger partial charge >= 0.3 is 6.18 Å². The molecule has 0 aliphatic carbocycles. The summed E-state index contributed by atoms with van der Waals surface area (Å²) in [4.78, 5) is 0. The van der Waals surface area contributed by atoms with Crippen LogP contribution in [-0.4, -0.2) is 18.3 Å². The van der Waals surface area contributed by atoms with Gasteiger partial charge in [-0.25, -0.2) is 0 Å². The summed E-state index contributed by atoms with van der Waals surface area (Å²) in [6, 6.07) is 53.4. The summed E-state index contributed by atoms with van der Waals surface area (Å²) in [5, 5.41) is 20.1. The number of nitrogens with zero attached hydrogens (tertiary/aromatic N) is 5. The molecule has 0 atom stereocenters. The molecule has 8 heteroatoms. The van der Waals surface area contributed by atoms with Gasteiger partial charge in [0.25, 0.3) is 0 Å². The summed E-state index contributed by atoms with van der Waals surface area (Å²) < 4.78 is 52.1. The maximum absolute atomic E-state index is 14.5. The number of para-hydroxylation sites is 4. The molecule has 0 spiro atoms. The normalized spacial score (nSPS) is 12.4. The maximum atomic E-state index is 14.5. The van der Waals surface area contributed by atoms with Gasteiger partial charge in [0, 0.05) is 73.8 Å². The van der Waals surface area contributed by atoms with Crippen molar-refractivity contribution in [3.63, 3.8) is 0 Å². The van der Waals surface area contributed by atoms with E-state index < -0.39 is 11.7 Å². The second-order valence-corrected chi connectivity index (χ2v) is 15.6. The third-order valence-electron chi connectivity index (χ3n) is 12.6. The van der Waals surface area contributed by atoms with Crippen LogP contribution in [0.15, 0.2) is 158 Å². The maximum Gasteiger partial charge on any atom is 0.416 e. The largest absolute Gasteiger partial charge is 0.416 e. The van der Waals surface area contributed by atoms with Crippen LogP contribution in [-0.2, 0) is 20.3 Å². The summed E-state index contributed by atoms with van der Waals surface area (Å²) in [6.07, 6.45) is -4.57. The molecule has 0 bridgehead atoms. The van der Waals surface area contributed by atoms with Gasteiger partial charge in [0.1, 0.15) is 11.6 Å². The fraction of sp³-hybridized carbons (Fsp3) is 0.0577. The van der Waals surface area contributed by atoms with Crippen molar-refractivity contribution in [3.8, 4) is 28.6 Å². The fourth-order valence-corrected chi connectivity index (χ4v) is 10.1. The molecule has 0 saturated carbocycles. The van der Waals surface area contributed by atoms with E-state index in [9.17, 15) is 18.4 Å². The molecule has 12 aromatic rings. The first-order valence-corrected chi connectivity index (χ1v) is 19.8. The van der Waals surface area contributed by atoms with Crippen LogP contribution in [0.3, 0.4) is 0 Å². The highest BCUT2D eigenvalue weighted by atomic mass is 19.4. The van der Waals surface area contributed by atoms with Crippen LogP contribution < -0.4 is 0 Å². The van der Waals surface area contributed by atoms with E-state index in [-0.39, 0.29) is 0 Å². The average molecular weight is 784 g/mol. The highest BCUT2D eigenvalue weighted by Crippen LogP contribution is 2.46. The first-order chi connectivity index (χ1) is 29.2. The Morgan fingerprint density at radius 3 is 1.42 bits per heavy atom. The minimum atomic E-state index is -4.57. The summed E-state index contributed by atoms with van der Waals surface area (Å²) in [5.74, 6) is 0. The molecule has 12 rings (SSSR count). The van der Waals surface area contributed by atoms with Gasteiger partial charge in [-0.1, -0.05) is 115 Å². The Hall–Kier alpha value is -7.76. The second kappa shape index (κ2) is 12.1. The number of aromatic nitrogens is 4. The van der Waals surface area contributed by atoms with Gasteiger partial charge in [0.05, 0.1) is 50.0 Å². The zero-order valence-corrected chi connectivity index (χ0v) is 32.4. The highest BCUT2D eigenvalue weighted by molar-refractivity contribution is 6.25. The molecule has 60 heavy (non-hydrogen) atoms. The predicted molar refractivity (Wildman–Crippen MR) is 238 cm³/mol. The van der Waals surface area contributed by atoms with E-state index in [0.717, 1.165) is 93.3 Å². The van der Waals surface area contributed by atoms with Crippen LogP contribution in [0.1, 0.15) is 11.1 Å². The van der Waals surface area contributed by atoms with Crippen LogP contribution >= 0.6 is 0 Å². The third-order valence-corrected chi connectivity index (χ3v) is 12.6. The molecular formula is C52H32F3N5. The van der Waals surface area contributed by atoms with Gasteiger partial charge in [-0.15, -0.1) is 0 Å². The molecule has 5 nitrogen and oxygen atoms in total. The fourth-order valence-electron chi connectivity index (χ4n) is 10.1. The van der Waals surface area contributed by atoms with Gasteiger partial charge in [0.2, 0.25) is 0 Å². The van der Waals surface area contributed by atoms with Gasteiger partial charge in [-0.05, 0) is 48.0 Å². The Kier molecular flexibility index (Phi) is 6.94. The average Bonchev–Trinajstić information content (AvgIpc) is 3.98. The molecular weight excluding hydrogens is 752 g/mol. The SMILES string of the molecule is Cn1c2ccccc2c2ccc3c4ccccc4n(-c4ccc(-c5cccc(C(F)(F)F)c5)c(-n5c6ccccc6c6ccc7c8ccccc8n(C)c7c65)c4C#N)c3c21. The number of halogens is 3. The quantitative estimate of drug-likeness (QED) is 0.176. The van der Waals surface area contributed by atoms with E-state index in [0.29, 0.717) is 28.1 Å². The van der Waals surface area contributed by atoms with Crippen molar-refractivity contribution in [1.29, 1.82) is 5.26 Å². The van der Waals surface area contributed by atoms with Crippen molar-refractivity contribution >= 4 is 87.2 Å². The lowest BCUT2D eigenvalue weighted by Gasteiger charge is -2.21. The zero-order chi connectivity index (χ0) is 40.6. The van der Waals surface area contributed by atoms with E-state index in [1.165, 1.54) is 12.1 Å². The smallest absolute Gasteiger partial charge is 0.342 e. The molecule has 0 radical (unpaired) electrons. The standard InChI is InChI=1S/C52H32F3N5/c1-57-42-18-7-3-14-33(42)37-22-24-39-35-16-5-9-20-44(35)59(50(39)48(37)57)46-27-26-32(30-12-11-13-31(28-30)52(53,54)55)47(41(46)29-56)60-45-21-10-6-17-36(45)40-25-23-38-34-15-4-8-19-43(34)58(2)49(38)51(40)60/h3-28H,1-2H3. The predicted octanol–water partition coefficient (Wildman–Crippen LogP) is 13.7. The van der Waals surface area contributed by atoms with Crippen LogP contribution in [0, 0.1) is 11.3 Å². The third kappa shape index (κ3) is 4.46. The Morgan fingerprint density at radius 2 is 0.900 bits per heavy atom. The molecule has 286 valence electrons. The zero-order valence-electron chi connectivity index (χ0n) is 32.4. The number of hydrogen-bond donors (Lipinski definition) is 0. The first-order valence-electron chi connectivity index (χ1n) is 19.8. The molecule has 0 aliphatic rings. The molecule has 0 saturated heterocycles. The lowest BCUT2D eigenvalue weighted by Crippen LogP contribution is -2.08. The van der Waals surface area contributed by atoms with Crippen molar-refractivity contribution in [1.82, 2.24) is 18.3 Å². The van der Waals surface area contributed by atoms with Crippen LogP contribution in [0.25, 0.3) is 110 Å². The van der Waals surface area contributed by atoms with Crippen molar-refractivity contribution in [2.45, 2.75) is 6.18 Å². The molecule has 8 aromatic carbocycles. The number of fused-ring (bicyclic) bond motifs is 14. The lowest BCUT2D eigenvalue weighted by molar-refractivity contribution is -0.137. The summed E-state index contributed by atoms with van der Waals surface area (Å²) in [7, 11) is 4.13. The number of rotatable bonds is 3. The van der Waals surface area contributed by atoms with E-state index in [4.69, 9.17) is 0 Å². The Balaban J connectivity index is 1.31. The summed E-state index contributed by atoms with van der Waals surface area (Å²) in [5.41, 5.74) is 9.26. The molecule has 0 unspecified atom stereocenters. The van der Waals surface area contributed by atoms with E-state index >= 15 is 0 Å². The summed E-state index contributed by atoms with van der Waals surface area (Å²) in [6.45, 7) is 0. The van der Waals surface area contributed by atoms with E-state index in [2.05, 4.69) is 105 Å². The van der Waals surface area contributed by atoms with Crippen molar-refractivity contribution in [3.05, 3.63) is 169 Å². The number of nitriles is 1. The highest BCUT2D eigenvalue weighted by Gasteiger charge is 2.32. The molecule has 0 aliphatic heterocycles. The monoisotopic (exact) mass is 783 g/mol. The van der Waals surface area contributed by atoms with Crippen LogP contribution in [0.5, 0.6) is 0 Å². The van der Waals surface area contributed by atoms with Gasteiger partial charge in [0.15, 0.2) is 0 Å². The first kappa shape index (κ1) is 34.3. The number of aryl methyl sites for hydroxylation is 2. The van der Waals surface area contributed by atoms with E-state index in [1.54, 1.807) is 6.07 Å². The van der Waals surface area contributed by atoms with Crippen molar-refractivity contribution in [2.75, 3.05) is 0 Å². The number of hydrogen-bond acceptors (Lipinski definition) is 1. The van der Waals surface area contributed by atoms with Gasteiger partial charge in [-0.2, -0.15) is 18.4 Å². The topological polar surface area (TPSA) is 43.5 Å². The van der Waals surface area contributed by atoms with Crippen LogP contribution in [0.2, 0.25) is 0 Å². The summed E-state index contributed by atoms with van der Waals surface area (Å²) >= 11 is 0. The van der Waals surface area contributed by atoms with Gasteiger partial charge in [-0.3, -0.25) is 0 Å². The molecule has 0 N–H and O–H groups in total. The van der Waals surface area contributed by atoms with E-state index in [1.807, 2.05) is 66.7 Å². The number of benzene rings is 8. The van der Waals surface area contributed by atoms with Crippen molar-refractivity contribution < 1.29 is 13.2 Å². The molecule has 4 aromatic heterocycles. The van der Waals surface area contributed by atoms with Crippen LogP contribution in [0.4, 0.5) is 13.2 Å². The van der Waals surface area contributed by atoms with Gasteiger partial charge < -0.3 is 18.3 Å². The molecule has 0 amide bonds. The second-order valence-electron chi connectivity index (χ2n) is 15.6. The Morgan fingerprint density at radius 1 is 0.450 bits per heavy atom. The molecule has 0 fully saturated rings.